The number of hydrogen-bond donors (Lipinski definition) is 0. The van der Waals surface area contributed by atoms with Crippen molar-refractivity contribution in [1.82, 2.24) is 4.90 Å². The minimum atomic E-state index is -0.489. The molecule has 6 nitrogen and oxygen atoms in total. The molecule has 0 aromatic rings. The number of amides is 1. The molecule has 90 valence electrons. The third-order valence-electron chi connectivity index (χ3n) is 2.89. The number of rotatable bonds is 2. The molecule has 1 atom stereocenters. The van der Waals surface area contributed by atoms with Crippen LogP contribution in [0.15, 0.2) is 33.4 Å². The monoisotopic (exact) mass is 235 g/mol. The lowest BCUT2D eigenvalue weighted by Gasteiger charge is -2.19. The Morgan fingerprint density at radius 2 is 2.29 bits per heavy atom. The van der Waals surface area contributed by atoms with Crippen LogP contribution >= 0.6 is 0 Å². The highest BCUT2D eigenvalue weighted by atomic mass is 16.5. The van der Waals surface area contributed by atoms with Gasteiger partial charge in [0, 0.05) is 7.05 Å². The molecule has 17 heavy (non-hydrogen) atoms. The molecular formula is C11H13N3O3. The summed E-state index contributed by atoms with van der Waals surface area (Å²) in [4.78, 5) is 25.1. The van der Waals surface area contributed by atoms with E-state index in [0.29, 0.717) is 23.6 Å². The standard InChI is InChI=1S/C11H13N3O3/c1-4-17-11(16)9-6(2)8-7(14(9)3)5-12-13-10(8)15/h5,8H,4H2,1-3H3. The summed E-state index contributed by atoms with van der Waals surface area (Å²) in [6, 6.07) is 0. The second-order valence-corrected chi connectivity index (χ2v) is 3.85. The van der Waals surface area contributed by atoms with Gasteiger partial charge in [-0.3, -0.25) is 4.79 Å². The lowest BCUT2D eigenvalue weighted by Crippen LogP contribution is -2.23. The molecule has 0 bridgehead atoms. The third-order valence-corrected chi connectivity index (χ3v) is 2.89. The van der Waals surface area contributed by atoms with Crippen molar-refractivity contribution in [2.75, 3.05) is 13.7 Å². The number of hydrogen-bond acceptors (Lipinski definition) is 5. The Kier molecular flexibility index (Phi) is 2.79. The maximum Gasteiger partial charge on any atom is 0.354 e. The molecule has 2 aliphatic heterocycles. The van der Waals surface area contributed by atoms with Crippen molar-refractivity contribution in [2.45, 2.75) is 13.8 Å². The van der Waals surface area contributed by atoms with E-state index in [2.05, 4.69) is 10.2 Å². The lowest BCUT2D eigenvalue weighted by molar-refractivity contribution is -0.139. The van der Waals surface area contributed by atoms with Crippen LogP contribution in [-0.4, -0.2) is 30.4 Å². The van der Waals surface area contributed by atoms with E-state index in [1.54, 1.807) is 25.8 Å². The molecule has 0 saturated carbocycles. The Hall–Kier alpha value is -1.98. The Bertz CT molecular complexity index is 476. The van der Waals surface area contributed by atoms with Crippen molar-refractivity contribution < 1.29 is 14.3 Å². The van der Waals surface area contributed by atoms with E-state index in [9.17, 15) is 9.59 Å². The summed E-state index contributed by atoms with van der Waals surface area (Å²) in [6.07, 6.45) is 1.50. The van der Waals surface area contributed by atoms with E-state index in [1.807, 2.05) is 0 Å². The molecule has 0 fully saturated rings. The first-order valence-corrected chi connectivity index (χ1v) is 5.34. The van der Waals surface area contributed by atoms with Crippen molar-refractivity contribution in [3.63, 3.8) is 0 Å². The van der Waals surface area contributed by atoms with Crippen molar-refractivity contribution in [1.29, 1.82) is 0 Å². The largest absolute Gasteiger partial charge is 0.461 e. The van der Waals surface area contributed by atoms with Crippen LogP contribution in [0.2, 0.25) is 0 Å². The third kappa shape index (κ3) is 1.65. The zero-order valence-corrected chi connectivity index (χ0v) is 9.93. The highest BCUT2D eigenvalue weighted by Crippen LogP contribution is 2.38. The number of fused-ring (bicyclic) bond motifs is 1. The summed E-state index contributed by atoms with van der Waals surface area (Å²) in [6.45, 7) is 3.79. The molecular weight excluding hydrogens is 222 g/mol. The van der Waals surface area contributed by atoms with E-state index in [1.165, 1.54) is 6.20 Å². The second kappa shape index (κ2) is 4.12. The predicted molar refractivity (Wildman–Crippen MR) is 58.5 cm³/mol. The number of carbonyl (C=O) groups excluding carboxylic acids is 2. The molecule has 0 radical (unpaired) electrons. The van der Waals surface area contributed by atoms with E-state index >= 15 is 0 Å². The van der Waals surface area contributed by atoms with Gasteiger partial charge in [-0.05, 0) is 19.4 Å². The molecule has 1 amide bonds. The van der Waals surface area contributed by atoms with Gasteiger partial charge < -0.3 is 9.64 Å². The van der Waals surface area contributed by atoms with Gasteiger partial charge in [-0.25, -0.2) is 4.79 Å². The molecule has 0 aromatic carbocycles. The van der Waals surface area contributed by atoms with Crippen molar-refractivity contribution in [2.24, 2.45) is 16.1 Å². The Morgan fingerprint density at radius 1 is 1.59 bits per heavy atom. The minimum absolute atomic E-state index is 0.301. The predicted octanol–water partition coefficient (Wildman–Crippen LogP) is 1.22. The Balaban J connectivity index is 2.41. The van der Waals surface area contributed by atoms with Crippen molar-refractivity contribution in [3.05, 3.63) is 23.2 Å². The fourth-order valence-electron chi connectivity index (χ4n) is 2.12. The fourth-order valence-corrected chi connectivity index (χ4v) is 2.12. The fraction of sp³-hybridized carbons (Fsp3) is 0.455. The molecule has 0 N–H and O–H groups in total. The van der Waals surface area contributed by atoms with Crippen LogP contribution in [0.4, 0.5) is 0 Å². The SMILES string of the molecule is CCOC(=O)C1=C(C)C2C(=O)N=NC=C2N1C. The van der Waals surface area contributed by atoms with Crippen molar-refractivity contribution in [3.8, 4) is 0 Å². The van der Waals surface area contributed by atoms with Crippen molar-refractivity contribution >= 4 is 11.9 Å². The van der Waals surface area contributed by atoms with E-state index in [4.69, 9.17) is 4.74 Å². The maximum atomic E-state index is 11.8. The van der Waals surface area contributed by atoms with E-state index in [0.717, 1.165) is 0 Å². The summed E-state index contributed by atoms with van der Waals surface area (Å²) in [7, 11) is 1.72. The molecule has 0 aliphatic carbocycles. The van der Waals surface area contributed by atoms with Gasteiger partial charge in [0.15, 0.2) is 0 Å². The van der Waals surface area contributed by atoms with Crippen LogP contribution in [-0.2, 0) is 14.3 Å². The molecule has 0 aromatic heterocycles. The minimum Gasteiger partial charge on any atom is -0.461 e. The normalized spacial score (nSPS) is 22.8. The van der Waals surface area contributed by atoms with Crippen LogP contribution in [0, 0.1) is 5.92 Å². The average Bonchev–Trinajstić information content (AvgIpc) is 2.53. The molecule has 2 rings (SSSR count). The summed E-state index contributed by atoms with van der Waals surface area (Å²) >= 11 is 0. The average molecular weight is 235 g/mol. The quantitative estimate of drug-likeness (QED) is 0.674. The highest BCUT2D eigenvalue weighted by molar-refractivity contribution is 5.95. The first kappa shape index (κ1) is 11.5. The van der Waals surface area contributed by atoms with Crippen LogP contribution in [0.25, 0.3) is 0 Å². The van der Waals surface area contributed by atoms with Gasteiger partial charge in [-0.2, -0.15) is 5.11 Å². The van der Waals surface area contributed by atoms with E-state index < -0.39 is 11.9 Å². The molecule has 1 unspecified atom stereocenters. The van der Waals surface area contributed by atoms with Crippen LogP contribution in [0.1, 0.15) is 13.8 Å². The van der Waals surface area contributed by atoms with Gasteiger partial charge in [-0.15, -0.1) is 5.11 Å². The van der Waals surface area contributed by atoms with Gasteiger partial charge in [0.25, 0.3) is 5.91 Å². The first-order chi connectivity index (χ1) is 8.07. The van der Waals surface area contributed by atoms with Gasteiger partial charge >= 0.3 is 5.97 Å². The number of ether oxygens (including phenoxy) is 1. The highest BCUT2D eigenvalue weighted by Gasteiger charge is 2.41. The molecule has 6 heteroatoms. The molecule has 0 spiro atoms. The Morgan fingerprint density at radius 3 is 2.88 bits per heavy atom. The molecule has 0 saturated heterocycles. The van der Waals surface area contributed by atoms with E-state index in [-0.39, 0.29) is 5.91 Å². The van der Waals surface area contributed by atoms with Crippen LogP contribution < -0.4 is 0 Å². The summed E-state index contributed by atoms with van der Waals surface area (Å²) in [5.74, 6) is -1.25. The summed E-state index contributed by atoms with van der Waals surface area (Å²) in [5.41, 5.74) is 1.75. The zero-order valence-electron chi connectivity index (χ0n) is 9.93. The topological polar surface area (TPSA) is 71.3 Å². The van der Waals surface area contributed by atoms with Crippen LogP contribution in [0.5, 0.6) is 0 Å². The molecule has 2 heterocycles. The number of esters is 1. The number of likely N-dealkylation sites (N-methyl/N-ethyl adjacent to an activating group) is 1. The molecule has 2 aliphatic rings. The van der Waals surface area contributed by atoms with Gasteiger partial charge in [0.05, 0.1) is 18.5 Å². The lowest BCUT2D eigenvalue weighted by atomic mass is 9.98. The number of azo groups is 1. The van der Waals surface area contributed by atoms with Gasteiger partial charge in [-0.1, -0.05) is 0 Å². The first-order valence-electron chi connectivity index (χ1n) is 5.34. The smallest absolute Gasteiger partial charge is 0.354 e. The second-order valence-electron chi connectivity index (χ2n) is 3.85. The summed E-state index contributed by atoms with van der Waals surface area (Å²) < 4.78 is 4.97. The van der Waals surface area contributed by atoms with Gasteiger partial charge in [0.1, 0.15) is 11.6 Å². The Labute approximate surface area is 98.6 Å². The van der Waals surface area contributed by atoms with Crippen LogP contribution in [0.3, 0.4) is 0 Å². The summed E-state index contributed by atoms with van der Waals surface area (Å²) in [5, 5.41) is 7.11. The maximum absolute atomic E-state index is 11.8. The zero-order chi connectivity index (χ0) is 12.6. The van der Waals surface area contributed by atoms with Gasteiger partial charge in [0.2, 0.25) is 0 Å². The number of carbonyl (C=O) groups is 2. The number of nitrogens with zero attached hydrogens (tertiary/aromatic N) is 3.